The largest absolute Gasteiger partial charge is 0.481 e. The quantitative estimate of drug-likeness (QED) is 0.857. The number of aliphatic hydroxyl groups is 1. The lowest BCUT2D eigenvalue weighted by Gasteiger charge is -2.25. The van der Waals surface area contributed by atoms with E-state index >= 15 is 0 Å². The molecule has 4 heteroatoms. The normalized spacial score (nSPS) is 14.5. The Morgan fingerprint density at radius 1 is 1.17 bits per heavy atom. The van der Waals surface area contributed by atoms with Crippen LogP contribution in [-0.2, 0) is 10.4 Å². The summed E-state index contributed by atoms with van der Waals surface area (Å²) in [5.74, 6) is 0.444. The first-order valence-electron chi connectivity index (χ1n) is 8.10. The van der Waals surface area contributed by atoms with Crippen molar-refractivity contribution in [3.05, 3.63) is 65.2 Å². The first-order valence-corrected chi connectivity index (χ1v) is 8.10. The van der Waals surface area contributed by atoms with Crippen LogP contribution in [0.5, 0.6) is 5.75 Å². The van der Waals surface area contributed by atoms with E-state index in [-0.39, 0.29) is 12.5 Å². The molecule has 0 unspecified atom stereocenters. The van der Waals surface area contributed by atoms with Crippen LogP contribution in [0, 0.1) is 13.8 Å². The summed E-state index contributed by atoms with van der Waals surface area (Å²) in [7, 11) is 0. The Labute approximate surface area is 143 Å². The van der Waals surface area contributed by atoms with Crippen molar-refractivity contribution in [2.75, 3.05) is 6.54 Å². The second-order valence-corrected chi connectivity index (χ2v) is 6.32. The molecule has 0 aliphatic heterocycles. The van der Waals surface area contributed by atoms with Gasteiger partial charge in [-0.1, -0.05) is 42.5 Å². The fraction of sp³-hybridized carbons (Fsp3) is 0.350. The van der Waals surface area contributed by atoms with Crippen molar-refractivity contribution < 1.29 is 14.6 Å². The van der Waals surface area contributed by atoms with Gasteiger partial charge in [-0.05, 0) is 50.5 Å². The van der Waals surface area contributed by atoms with E-state index in [9.17, 15) is 9.90 Å². The van der Waals surface area contributed by atoms with E-state index in [0.29, 0.717) is 5.75 Å². The number of carbonyl (C=O) groups is 1. The van der Waals surface area contributed by atoms with Crippen molar-refractivity contribution in [2.24, 2.45) is 0 Å². The van der Waals surface area contributed by atoms with Crippen LogP contribution >= 0.6 is 0 Å². The molecule has 0 saturated heterocycles. The Morgan fingerprint density at radius 3 is 2.50 bits per heavy atom. The average Bonchev–Trinajstić information content (AvgIpc) is 2.57. The molecule has 2 aromatic rings. The van der Waals surface area contributed by atoms with Crippen LogP contribution in [0.2, 0.25) is 0 Å². The van der Waals surface area contributed by atoms with Crippen molar-refractivity contribution in [1.82, 2.24) is 5.32 Å². The van der Waals surface area contributed by atoms with Crippen molar-refractivity contribution in [3.8, 4) is 5.75 Å². The molecule has 2 atom stereocenters. The Balaban J connectivity index is 1.96. The highest BCUT2D eigenvalue weighted by Gasteiger charge is 2.25. The van der Waals surface area contributed by atoms with Crippen LogP contribution in [0.3, 0.4) is 0 Å². The minimum absolute atomic E-state index is 0.121. The van der Waals surface area contributed by atoms with Crippen molar-refractivity contribution in [3.63, 3.8) is 0 Å². The summed E-state index contributed by atoms with van der Waals surface area (Å²) >= 11 is 0. The smallest absolute Gasteiger partial charge is 0.260 e. The first kappa shape index (κ1) is 18.0. The topological polar surface area (TPSA) is 58.6 Å². The molecule has 2 N–H and O–H groups in total. The van der Waals surface area contributed by atoms with E-state index < -0.39 is 11.7 Å². The van der Waals surface area contributed by atoms with Gasteiger partial charge in [0.05, 0.1) is 6.54 Å². The number of nitrogens with one attached hydrogen (secondary N) is 1. The van der Waals surface area contributed by atoms with E-state index in [4.69, 9.17) is 4.74 Å². The highest BCUT2D eigenvalue weighted by molar-refractivity contribution is 5.80. The van der Waals surface area contributed by atoms with E-state index in [1.54, 1.807) is 13.8 Å². The third-order valence-corrected chi connectivity index (χ3v) is 4.23. The van der Waals surface area contributed by atoms with E-state index in [0.717, 1.165) is 16.7 Å². The van der Waals surface area contributed by atoms with Crippen LogP contribution in [0.4, 0.5) is 0 Å². The van der Waals surface area contributed by atoms with Crippen LogP contribution in [0.1, 0.15) is 30.5 Å². The molecule has 1 amide bonds. The van der Waals surface area contributed by atoms with E-state index in [2.05, 4.69) is 5.32 Å². The average molecular weight is 327 g/mol. The maximum Gasteiger partial charge on any atom is 0.260 e. The van der Waals surface area contributed by atoms with Gasteiger partial charge in [0.15, 0.2) is 6.10 Å². The van der Waals surface area contributed by atoms with Gasteiger partial charge in [-0.3, -0.25) is 4.79 Å². The molecule has 0 fully saturated rings. The SMILES string of the molecule is Cc1cccc(O[C@@H](C)C(=O)NC[C@@](C)(O)c2ccccc2)c1C. The Kier molecular flexibility index (Phi) is 5.62. The molecule has 24 heavy (non-hydrogen) atoms. The fourth-order valence-corrected chi connectivity index (χ4v) is 2.40. The predicted octanol–water partition coefficient (Wildman–Crippen LogP) is 3.09. The molecular weight excluding hydrogens is 302 g/mol. The third-order valence-electron chi connectivity index (χ3n) is 4.23. The molecular formula is C20H25NO3. The summed E-state index contributed by atoms with van der Waals surface area (Å²) in [5.41, 5.74) is 1.77. The highest BCUT2D eigenvalue weighted by atomic mass is 16.5. The maximum atomic E-state index is 12.3. The molecule has 0 spiro atoms. The minimum Gasteiger partial charge on any atom is -0.481 e. The van der Waals surface area contributed by atoms with Gasteiger partial charge in [-0.2, -0.15) is 0 Å². The second-order valence-electron chi connectivity index (χ2n) is 6.32. The van der Waals surface area contributed by atoms with E-state index in [1.807, 2.05) is 62.4 Å². The van der Waals surface area contributed by atoms with Crippen LogP contribution in [0.15, 0.2) is 48.5 Å². The second kappa shape index (κ2) is 7.49. The van der Waals surface area contributed by atoms with Gasteiger partial charge < -0.3 is 15.2 Å². The summed E-state index contributed by atoms with van der Waals surface area (Å²) in [6, 6.07) is 15.0. The third kappa shape index (κ3) is 4.36. The van der Waals surface area contributed by atoms with Gasteiger partial charge >= 0.3 is 0 Å². The summed E-state index contributed by atoms with van der Waals surface area (Å²) < 4.78 is 5.76. The van der Waals surface area contributed by atoms with Gasteiger partial charge in [0.1, 0.15) is 11.4 Å². The molecule has 0 aliphatic rings. The highest BCUT2D eigenvalue weighted by Crippen LogP contribution is 2.22. The molecule has 0 heterocycles. The zero-order valence-electron chi connectivity index (χ0n) is 14.7. The zero-order valence-corrected chi connectivity index (χ0v) is 14.7. The molecule has 128 valence electrons. The lowest BCUT2D eigenvalue weighted by atomic mass is 9.96. The van der Waals surface area contributed by atoms with Crippen LogP contribution < -0.4 is 10.1 Å². The molecule has 0 saturated carbocycles. The van der Waals surface area contributed by atoms with Crippen molar-refractivity contribution in [1.29, 1.82) is 0 Å². The van der Waals surface area contributed by atoms with Gasteiger partial charge in [0, 0.05) is 0 Å². The summed E-state index contributed by atoms with van der Waals surface area (Å²) in [5, 5.41) is 13.3. The number of amides is 1. The molecule has 2 aromatic carbocycles. The number of hydrogen-bond donors (Lipinski definition) is 2. The number of benzene rings is 2. The van der Waals surface area contributed by atoms with Crippen molar-refractivity contribution in [2.45, 2.75) is 39.4 Å². The number of aryl methyl sites for hydroxylation is 1. The zero-order chi connectivity index (χ0) is 17.7. The summed E-state index contributed by atoms with van der Waals surface area (Å²) in [4.78, 5) is 12.3. The molecule has 4 nitrogen and oxygen atoms in total. The minimum atomic E-state index is -1.13. The number of rotatable bonds is 6. The summed E-state index contributed by atoms with van der Waals surface area (Å²) in [6.45, 7) is 7.48. The Hall–Kier alpha value is -2.33. The van der Waals surface area contributed by atoms with Gasteiger partial charge in [0.2, 0.25) is 0 Å². The number of hydrogen-bond acceptors (Lipinski definition) is 3. The monoisotopic (exact) mass is 327 g/mol. The molecule has 0 aromatic heterocycles. The van der Waals surface area contributed by atoms with Crippen LogP contribution in [0.25, 0.3) is 0 Å². The van der Waals surface area contributed by atoms with Crippen molar-refractivity contribution >= 4 is 5.91 Å². The Morgan fingerprint density at radius 2 is 1.83 bits per heavy atom. The van der Waals surface area contributed by atoms with Gasteiger partial charge in [-0.25, -0.2) is 0 Å². The standard InChI is InChI=1S/C20H25NO3/c1-14-9-8-12-18(15(14)2)24-16(3)19(22)21-13-20(4,23)17-10-6-5-7-11-17/h5-12,16,23H,13H2,1-4H3,(H,21,22)/t16-,20+/m0/s1. The van der Waals surface area contributed by atoms with E-state index in [1.165, 1.54) is 0 Å². The molecule has 0 radical (unpaired) electrons. The lowest BCUT2D eigenvalue weighted by molar-refractivity contribution is -0.128. The maximum absolute atomic E-state index is 12.3. The van der Waals surface area contributed by atoms with Crippen LogP contribution in [-0.4, -0.2) is 23.7 Å². The Bertz CT molecular complexity index is 695. The van der Waals surface area contributed by atoms with Gasteiger partial charge in [0.25, 0.3) is 5.91 Å². The number of ether oxygens (including phenoxy) is 1. The lowest BCUT2D eigenvalue weighted by Crippen LogP contribution is -2.43. The summed E-state index contributed by atoms with van der Waals surface area (Å²) in [6.07, 6.45) is -0.642. The predicted molar refractivity (Wildman–Crippen MR) is 95.0 cm³/mol. The molecule has 2 rings (SSSR count). The molecule has 0 bridgehead atoms. The fourth-order valence-electron chi connectivity index (χ4n) is 2.40. The first-order chi connectivity index (χ1) is 11.3. The number of carbonyl (C=O) groups excluding carboxylic acids is 1. The van der Waals surface area contributed by atoms with Gasteiger partial charge in [-0.15, -0.1) is 0 Å². The molecule has 0 aliphatic carbocycles.